The first kappa shape index (κ1) is 18.3. The van der Waals surface area contributed by atoms with Crippen LogP contribution in [0, 0.1) is 5.41 Å². The summed E-state index contributed by atoms with van der Waals surface area (Å²) in [4.78, 5) is 2.15. The fraction of sp³-hybridized carbons (Fsp3) is 0.625. The van der Waals surface area contributed by atoms with Crippen LogP contribution in [0.25, 0.3) is 0 Å². The van der Waals surface area contributed by atoms with Gasteiger partial charge in [0.25, 0.3) is 0 Å². The van der Waals surface area contributed by atoms with Crippen LogP contribution in [0.5, 0.6) is 5.75 Å². The average Bonchev–Trinajstić information content (AvgIpc) is 2.90. The Hall–Kier alpha value is -1.48. The Kier molecular flexibility index (Phi) is 4.65. The van der Waals surface area contributed by atoms with Gasteiger partial charge in [-0.15, -0.1) is 13.2 Å². The van der Waals surface area contributed by atoms with Gasteiger partial charge >= 0.3 is 6.36 Å². The second-order valence-electron chi connectivity index (χ2n) is 6.88. The summed E-state index contributed by atoms with van der Waals surface area (Å²) in [5.41, 5.74) is 0.944. The molecule has 2 aliphatic heterocycles. The Bertz CT molecular complexity index is 711. The van der Waals surface area contributed by atoms with Crippen molar-refractivity contribution in [1.82, 2.24) is 4.31 Å². The number of rotatable bonds is 3. The molecule has 2 heterocycles. The predicted octanol–water partition coefficient (Wildman–Crippen LogP) is 2.84. The molecule has 0 aromatic heterocycles. The van der Waals surface area contributed by atoms with Crippen molar-refractivity contribution in [3.05, 3.63) is 24.3 Å². The van der Waals surface area contributed by atoms with Gasteiger partial charge in [-0.25, -0.2) is 12.7 Å². The van der Waals surface area contributed by atoms with Gasteiger partial charge in [0.2, 0.25) is 10.0 Å². The minimum Gasteiger partial charge on any atom is -0.406 e. The molecule has 0 N–H and O–H groups in total. The number of sulfonamides is 1. The number of piperidine rings is 1. The topological polar surface area (TPSA) is 49.9 Å². The third kappa shape index (κ3) is 4.38. The summed E-state index contributed by atoms with van der Waals surface area (Å²) < 4.78 is 65.3. The van der Waals surface area contributed by atoms with Crippen LogP contribution in [-0.4, -0.2) is 51.5 Å². The van der Waals surface area contributed by atoms with Gasteiger partial charge in [0, 0.05) is 31.9 Å². The van der Waals surface area contributed by atoms with Crippen LogP contribution in [-0.2, 0) is 10.0 Å². The van der Waals surface area contributed by atoms with Crippen LogP contribution in [0.3, 0.4) is 0 Å². The molecule has 25 heavy (non-hydrogen) atoms. The smallest absolute Gasteiger partial charge is 0.406 e. The van der Waals surface area contributed by atoms with E-state index in [4.69, 9.17) is 0 Å². The molecule has 2 aliphatic rings. The number of halogens is 3. The Balaban J connectivity index is 1.62. The molecule has 2 saturated heterocycles. The van der Waals surface area contributed by atoms with E-state index < -0.39 is 16.4 Å². The fourth-order valence-corrected chi connectivity index (χ4v) is 4.56. The summed E-state index contributed by atoms with van der Waals surface area (Å²) >= 11 is 0. The lowest BCUT2D eigenvalue weighted by atomic mass is 9.78. The van der Waals surface area contributed by atoms with Crippen LogP contribution in [0.2, 0.25) is 0 Å². The molecule has 0 atom stereocenters. The predicted molar refractivity (Wildman–Crippen MR) is 88.0 cm³/mol. The second kappa shape index (κ2) is 6.35. The Morgan fingerprint density at radius 2 is 1.60 bits per heavy atom. The SMILES string of the molecule is CS(=O)(=O)N1CCC2(CCN(c3ccc(OC(F)(F)F)cc3)C2)CC1. The van der Waals surface area contributed by atoms with Crippen molar-refractivity contribution >= 4 is 15.7 Å². The first-order chi connectivity index (χ1) is 11.6. The van der Waals surface area contributed by atoms with Crippen molar-refractivity contribution in [3.8, 4) is 5.75 Å². The van der Waals surface area contributed by atoms with Crippen molar-refractivity contribution < 1.29 is 26.3 Å². The fourth-order valence-electron chi connectivity index (χ4n) is 3.71. The highest BCUT2D eigenvalue weighted by molar-refractivity contribution is 7.88. The zero-order valence-corrected chi connectivity index (χ0v) is 14.7. The maximum atomic E-state index is 12.2. The molecule has 0 bridgehead atoms. The highest BCUT2D eigenvalue weighted by Gasteiger charge is 2.42. The van der Waals surface area contributed by atoms with Crippen LogP contribution in [0.1, 0.15) is 19.3 Å². The molecule has 140 valence electrons. The Morgan fingerprint density at radius 1 is 1.04 bits per heavy atom. The van der Waals surface area contributed by atoms with E-state index in [-0.39, 0.29) is 11.2 Å². The average molecular weight is 378 g/mol. The quantitative estimate of drug-likeness (QED) is 0.812. The van der Waals surface area contributed by atoms with Gasteiger partial charge < -0.3 is 9.64 Å². The van der Waals surface area contributed by atoms with E-state index >= 15 is 0 Å². The van der Waals surface area contributed by atoms with Gasteiger partial charge in [-0.2, -0.15) is 0 Å². The third-order valence-electron chi connectivity index (χ3n) is 5.13. The zero-order chi connectivity index (χ0) is 18.3. The summed E-state index contributed by atoms with van der Waals surface area (Å²) in [6.45, 7) is 2.68. The van der Waals surface area contributed by atoms with E-state index in [1.807, 2.05) is 0 Å². The van der Waals surface area contributed by atoms with Crippen molar-refractivity contribution in [3.63, 3.8) is 0 Å². The number of ether oxygens (including phenoxy) is 1. The van der Waals surface area contributed by atoms with Crippen LogP contribution in [0.15, 0.2) is 24.3 Å². The summed E-state index contributed by atoms with van der Waals surface area (Å²) in [5.74, 6) is -0.230. The molecule has 3 rings (SSSR count). The lowest BCUT2D eigenvalue weighted by molar-refractivity contribution is -0.274. The highest BCUT2D eigenvalue weighted by Crippen LogP contribution is 2.42. The van der Waals surface area contributed by atoms with Gasteiger partial charge in [-0.05, 0) is 48.9 Å². The number of nitrogens with zero attached hydrogens (tertiary/aromatic N) is 2. The van der Waals surface area contributed by atoms with Crippen LogP contribution in [0.4, 0.5) is 18.9 Å². The number of hydrogen-bond donors (Lipinski definition) is 0. The van der Waals surface area contributed by atoms with Gasteiger partial charge in [-0.3, -0.25) is 0 Å². The summed E-state index contributed by atoms with van der Waals surface area (Å²) in [7, 11) is -3.14. The first-order valence-electron chi connectivity index (χ1n) is 8.12. The van der Waals surface area contributed by atoms with E-state index in [0.717, 1.165) is 38.0 Å². The molecule has 9 heteroatoms. The minimum atomic E-state index is -4.69. The van der Waals surface area contributed by atoms with Gasteiger partial charge in [0.05, 0.1) is 6.26 Å². The molecule has 0 radical (unpaired) electrons. The van der Waals surface area contributed by atoms with Crippen molar-refractivity contribution in [1.29, 1.82) is 0 Å². The molecular weight excluding hydrogens is 357 g/mol. The van der Waals surface area contributed by atoms with E-state index in [0.29, 0.717) is 13.1 Å². The summed E-state index contributed by atoms with van der Waals surface area (Å²) in [5, 5.41) is 0. The Labute approximate surface area is 145 Å². The van der Waals surface area contributed by atoms with Crippen LogP contribution < -0.4 is 9.64 Å². The minimum absolute atomic E-state index is 0.0856. The van der Waals surface area contributed by atoms with E-state index in [1.165, 1.54) is 22.7 Å². The lowest BCUT2D eigenvalue weighted by Gasteiger charge is -2.38. The Morgan fingerprint density at radius 3 is 2.12 bits per heavy atom. The molecule has 0 unspecified atom stereocenters. The standard InChI is InChI=1S/C16H21F3N2O3S/c1-25(22,23)21-10-7-15(8-11-21)6-9-20(12-15)13-2-4-14(5-3-13)24-16(17,18)19/h2-5H,6-12H2,1H3. The van der Waals surface area contributed by atoms with E-state index in [9.17, 15) is 21.6 Å². The van der Waals surface area contributed by atoms with Gasteiger partial charge in [-0.1, -0.05) is 0 Å². The van der Waals surface area contributed by atoms with E-state index in [1.54, 1.807) is 12.1 Å². The number of anilines is 1. The van der Waals surface area contributed by atoms with Gasteiger partial charge in [0.15, 0.2) is 0 Å². The largest absolute Gasteiger partial charge is 0.573 e. The second-order valence-corrected chi connectivity index (χ2v) is 8.86. The third-order valence-corrected chi connectivity index (χ3v) is 6.43. The highest BCUT2D eigenvalue weighted by atomic mass is 32.2. The molecule has 1 aromatic rings. The zero-order valence-electron chi connectivity index (χ0n) is 13.9. The summed E-state index contributed by atoms with van der Waals surface area (Å²) in [6.07, 6.45) is -0.869. The molecule has 0 saturated carbocycles. The normalized spacial score (nSPS) is 21.7. The number of alkyl halides is 3. The maximum Gasteiger partial charge on any atom is 0.573 e. The number of benzene rings is 1. The molecule has 0 amide bonds. The molecule has 1 aromatic carbocycles. The molecule has 0 aliphatic carbocycles. The summed E-state index contributed by atoms with van der Waals surface area (Å²) in [6, 6.07) is 5.90. The van der Waals surface area contributed by atoms with Crippen molar-refractivity contribution in [2.24, 2.45) is 5.41 Å². The first-order valence-corrected chi connectivity index (χ1v) is 9.97. The monoisotopic (exact) mass is 378 g/mol. The van der Waals surface area contributed by atoms with E-state index in [2.05, 4.69) is 9.64 Å². The lowest BCUT2D eigenvalue weighted by Crippen LogP contribution is -2.43. The molecular formula is C16H21F3N2O3S. The molecule has 2 fully saturated rings. The van der Waals surface area contributed by atoms with Gasteiger partial charge in [0.1, 0.15) is 5.75 Å². The van der Waals surface area contributed by atoms with Crippen LogP contribution >= 0.6 is 0 Å². The van der Waals surface area contributed by atoms with Crippen molar-refractivity contribution in [2.75, 3.05) is 37.3 Å². The number of hydrogen-bond acceptors (Lipinski definition) is 4. The van der Waals surface area contributed by atoms with Crippen molar-refractivity contribution in [2.45, 2.75) is 25.6 Å². The molecule has 1 spiro atoms. The molecule has 5 nitrogen and oxygen atoms in total. The maximum absolute atomic E-state index is 12.2.